The van der Waals surface area contributed by atoms with Crippen LogP contribution < -0.4 is 4.72 Å². The van der Waals surface area contributed by atoms with E-state index in [0.717, 1.165) is 14.6 Å². The van der Waals surface area contributed by atoms with Crippen molar-refractivity contribution in [1.29, 1.82) is 0 Å². The average molecular weight is 413 g/mol. The van der Waals surface area contributed by atoms with Crippen molar-refractivity contribution in [3.63, 3.8) is 0 Å². The van der Waals surface area contributed by atoms with Crippen LogP contribution >= 0.6 is 34.7 Å². The number of anilines is 1. The minimum Gasteiger partial charge on any atom is -0.280 e. The average Bonchev–Trinajstić information content (AvgIpc) is 2.86. The van der Waals surface area contributed by atoms with Crippen LogP contribution in [0.3, 0.4) is 0 Å². The van der Waals surface area contributed by atoms with E-state index in [4.69, 9.17) is 11.6 Å². The van der Waals surface area contributed by atoms with E-state index in [1.165, 1.54) is 0 Å². The van der Waals surface area contributed by atoms with E-state index in [1.807, 2.05) is 6.07 Å². The zero-order valence-electron chi connectivity index (χ0n) is 13.9. The molecule has 0 amide bonds. The van der Waals surface area contributed by atoms with Gasteiger partial charge in [-0.05, 0) is 36.8 Å². The molecule has 4 nitrogen and oxygen atoms in total. The Morgan fingerprint density at radius 1 is 1.24 bits per heavy atom. The number of hydrogen-bond acceptors (Lipinski definition) is 5. The molecule has 0 atom stereocenters. The van der Waals surface area contributed by atoms with Crippen molar-refractivity contribution in [2.75, 3.05) is 4.72 Å². The lowest BCUT2D eigenvalue weighted by atomic mass is 10.2. The van der Waals surface area contributed by atoms with Gasteiger partial charge in [0.25, 0.3) is 10.0 Å². The van der Waals surface area contributed by atoms with E-state index in [0.29, 0.717) is 16.5 Å². The molecule has 1 heterocycles. The number of hydrogen-bond donors (Lipinski definition) is 1. The number of benzene rings is 2. The Hall–Kier alpha value is -1.28. The monoisotopic (exact) mass is 412 g/mol. The second-order valence-corrected chi connectivity index (χ2v) is 10.7. The fourth-order valence-electron chi connectivity index (χ4n) is 2.38. The fraction of sp³-hybridized carbons (Fsp3) is 0.235. The molecule has 0 aliphatic rings. The second kappa shape index (κ2) is 7.15. The lowest BCUT2D eigenvalue weighted by molar-refractivity contribution is 0.600. The van der Waals surface area contributed by atoms with Crippen molar-refractivity contribution in [1.82, 2.24) is 4.98 Å². The Bertz CT molecular complexity index is 1010. The maximum Gasteiger partial charge on any atom is 0.263 e. The largest absolute Gasteiger partial charge is 0.280 e. The summed E-state index contributed by atoms with van der Waals surface area (Å²) in [4.78, 5) is 4.67. The Morgan fingerprint density at radius 3 is 2.68 bits per heavy atom. The third kappa shape index (κ3) is 4.11. The molecule has 2 aromatic carbocycles. The van der Waals surface area contributed by atoms with Gasteiger partial charge >= 0.3 is 0 Å². The Balaban J connectivity index is 1.94. The molecular weight excluding hydrogens is 396 g/mol. The molecule has 0 aliphatic heterocycles. The van der Waals surface area contributed by atoms with Crippen LogP contribution in [0.25, 0.3) is 10.2 Å². The zero-order chi connectivity index (χ0) is 18.2. The number of sulfonamides is 1. The molecule has 0 aliphatic carbocycles. The van der Waals surface area contributed by atoms with Crippen molar-refractivity contribution in [3.8, 4) is 0 Å². The second-order valence-electron chi connectivity index (χ2n) is 5.82. The number of aromatic nitrogens is 1. The van der Waals surface area contributed by atoms with Gasteiger partial charge in [0.15, 0.2) is 4.34 Å². The smallest absolute Gasteiger partial charge is 0.263 e. The molecule has 25 heavy (non-hydrogen) atoms. The highest BCUT2D eigenvalue weighted by atomic mass is 35.5. The van der Waals surface area contributed by atoms with Crippen LogP contribution in [0.5, 0.6) is 0 Å². The lowest BCUT2D eigenvalue weighted by Gasteiger charge is -2.11. The van der Waals surface area contributed by atoms with Crippen LogP contribution in [0.2, 0.25) is 5.02 Å². The van der Waals surface area contributed by atoms with Gasteiger partial charge in [-0.2, -0.15) is 0 Å². The molecule has 1 aromatic heterocycles. The standard InChI is InChI=1S/C17H17ClN2O2S3/c1-10(2)23-17-19-14-8-7-12(9-15(14)24-17)20-25(21,22)16-11(3)5-4-6-13(16)18/h4-10,20H,1-3H3. The number of thiazole rings is 1. The van der Waals surface area contributed by atoms with E-state index < -0.39 is 10.0 Å². The summed E-state index contributed by atoms with van der Waals surface area (Å²) < 4.78 is 30.0. The minimum absolute atomic E-state index is 0.108. The number of fused-ring (bicyclic) bond motifs is 1. The van der Waals surface area contributed by atoms with Gasteiger partial charge in [0, 0.05) is 5.25 Å². The molecule has 0 saturated heterocycles. The molecule has 0 radical (unpaired) electrons. The van der Waals surface area contributed by atoms with Crippen LogP contribution in [0.15, 0.2) is 45.6 Å². The molecule has 0 fully saturated rings. The highest BCUT2D eigenvalue weighted by Gasteiger charge is 2.20. The normalized spacial score (nSPS) is 12.0. The van der Waals surface area contributed by atoms with Gasteiger partial charge < -0.3 is 0 Å². The zero-order valence-corrected chi connectivity index (χ0v) is 17.1. The summed E-state index contributed by atoms with van der Waals surface area (Å²) in [5.41, 5.74) is 1.97. The summed E-state index contributed by atoms with van der Waals surface area (Å²) in [6.07, 6.45) is 0. The third-order valence-corrected chi connectivity index (χ3v) is 7.52. The molecule has 8 heteroatoms. The van der Waals surface area contributed by atoms with Gasteiger partial charge in [-0.3, -0.25) is 4.72 Å². The molecule has 3 rings (SSSR count). The van der Waals surface area contributed by atoms with Crippen molar-refractivity contribution in [2.45, 2.75) is 35.3 Å². The van der Waals surface area contributed by atoms with E-state index in [2.05, 4.69) is 23.6 Å². The summed E-state index contributed by atoms with van der Waals surface area (Å²) in [5.74, 6) is 0. The number of nitrogens with one attached hydrogen (secondary N) is 1. The first kappa shape index (κ1) is 18.5. The van der Waals surface area contributed by atoms with Gasteiger partial charge in [0.2, 0.25) is 0 Å². The molecule has 0 unspecified atom stereocenters. The molecule has 3 aromatic rings. The van der Waals surface area contributed by atoms with Crippen molar-refractivity contribution in [2.24, 2.45) is 0 Å². The summed E-state index contributed by atoms with van der Waals surface area (Å²) in [6.45, 7) is 5.95. The molecule has 0 saturated carbocycles. The number of halogens is 1. The first-order chi connectivity index (χ1) is 11.8. The van der Waals surface area contributed by atoms with Crippen LogP contribution in [0.1, 0.15) is 19.4 Å². The lowest BCUT2D eigenvalue weighted by Crippen LogP contribution is -2.14. The maximum atomic E-state index is 12.7. The molecule has 0 spiro atoms. The predicted molar refractivity (Wildman–Crippen MR) is 108 cm³/mol. The Morgan fingerprint density at radius 2 is 2.00 bits per heavy atom. The topological polar surface area (TPSA) is 59.1 Å². The van der Waals surface area contributed by atoms with Gasteiger partial charge in [0.1, 0.15) is 4.90 Å². The number of aryl methyl sites for hydroxylation is 1. The Labute approximate surface area is 160 Å². The number of rotatable bonds is 5. The van der Waals surface area contributed by atoms with Crippen molar-refractivity contribution in [3.05, 3.63) is 47.0 Å². The van der Waals surface area contributed by atoms with Crippen LogP contribution in [0.4, 0.5) is 5.69 Å². The predicted octanol–water partition coefficient (Wildman–Crippen LogP) is 5.56. The first-order valence-electron chi connectivity index (χ1n) is 7.61. The summed E-state index contributed by atoms with van der Waals surface area (Å²) >= 11 is 9.35. The van der Waals surface area contributed by atoms with Crippen molar-refractivity contribution < 1.29 is 8.42 Å². The highest BCUT2D eigenvalue weighted by molar-refractivity contribution is 8.01. The quantitative estimate of drug-likeness (QED) is 0.557. The van der Waals surface area contributed by atoms with Gasteiger partial charge in [-0.15, -0.1) is 11.3 Å². The number of thioether (sulfide) groups is 1. The third-order valence-electron chi connectivity index (χ3n) is 3.39. The van der Waals surface area contributed by atoms with Crippen LogP contribution in [-0.2, 0) is 10.0 Å². The SMILES string of the molecule is Cc1cccc(Cl)c1S(=O)(=O)Nc1ccc2nc(SC(C)C)sc2c1. The fourth-order valence-corrected chi connectivity index (χ4v) is 6.59. The molecular formula is C17H17ClN2O2S3. The first-order valence-corrected chi connectivity index (χ1v) is 11.2. The molecule has 0 bridgehead atoms. The van der Waals surface area contributed by atoms with E-state index >= 15 is 0 Å². The summed E-state index contributed by atoms with van der Waals surface area (Å²) in [6, 6.07) is 10.4. The number of nitrogens with zero attached hydrogens (tertiary/aromatic N) is 1. The van der Waals surface area contributed by atoms with Gasteiger partial charge in [-0.1, -0.05) is 49.3 Å². The van der Waals surface area contributed by atoms with E-state index in [1.54, 1.807) is 60.4 Å². The van der Waals surface area contributed by atoms with Crippen LogP contribution in [-0.4, -0.2) is 18.7 Å². The molecule has 132 valence electrons. The van der Waals surface area contributed by atoms with E-state index in [-0.39, 0.29) is 9.92 Å². The van der Waals surface area contributed by atoms with Gasteiger partial charge in [-0.25, -0.2) is 13.4 Å². The van der Waals surface area contributed by atoms with Crippen LogP contribution in [0, 0.1) is 6.92 Å². The van der Waals surface area contributed by atoms with E-state index in [9.17, 15) is 8.42 Å². The van der Waals surface area contributed by atoms with Crippen molar-refractivity contribution >= 4 is 60.6 Å². The maximum absolute atomic E-state index is 12.7. The Kier molecular flexibility index (Phi) is 5.29. The summed E-state index contributed by atoms with van der Waals surface area (Å²) in [5, 5.41) is 0.656. The van der Waals surface area contributed by atoms with Gasteiger partial charge in [0.05, 0.1) is 20.9 Å². The minimum atomic E-state index is -3.76. The summed E-state index contributed by atoms with van der Waals surface area (Å²) in [7, 11) is -3.76. The molecule has 1 N–H and O–H groups in total. The highest BCUT2D eigenvalue weighted by Crippen LogP contribution is 2.34.